The highest BCUT2D eigenvalue weighted by Crippen LogP contribution is 2.21. The van der Waals surface area contributed by atoms with Gasteiger partial charge in [-0.05, 0) is 25.0 Å². The Balaban J connectivity index is 1.51. The van der Waals surface area contributed by atoms with E-state index in [2.05, 4.69) is 40.3 Å². The lowest BCUT2D eigenvalue weighted by Gasteiger charge is -2.25. The number of hydrogen-bond acceptors (Lipinski definition) is 3. The summed E-state index contributed by atoms with van der Waals surface area (Å²) in [5.74, 6) is 0.0967. The van der Waals surface area contributed by atoms with Crippen molar-refractivity contribution in [2.75, 3.05) is 39.4 Å². The zero-order chi connectivity index (χ0) is 15.4. The van der Waals surface area contributed by atoms with E-state index < -0.39 is 0 Å². The molecule has 0 bridgehead atoms. The van der Waals surface area contributed by atoms with E-state index in [9.17, 15) is 4.79 Å². The lowest BCUT2D eigenvalue weighted by molar-refractivity contribution is -0.123. The molecule has 1 aliphatic rings. The van der Waals surface area contributed by atoms with Crippen molar-refractivity contribution < 1.29 is 9.53 Å². The summed E-state index contributed by atoms with van der Waals surface area (Å²) in [6.45, 7) is 6.36. The fourth-order valence-electron chi connectivity index (χ4n) is 3.00. The monoisotopic (exact) mass is 301 g/mol. The third kappa shape index (κ3) is 3.48. The minimum atomic E-state index is 0.0967. The number of rotatable bonds is 5. The first-order chi connectivity index (χ1) is 10.7. The molecule has 22 heavy (non-hydrogen) atoms. The van der Waals surface area contributed by atoms with Crippen molar-refractivity contribution in [3.8, 4) is 0 Å². The maximum Gasteiger partial charge on any atom is 0.234 e. The Morgan fingerprint density at radius 1 is 1.32 bits per heavy atom. The van der Waals surface area contributed by atoms with Gasteiger partial charge in [-0.1, -0.05) is 18.2 Å². The van der Waals surface area contributed by atoms with Crippen molar-refractivity contribution >= 4 is 16.8 Å². The molecule has 118 valence electrons. The van der Waals surface area contributed by atoms with E-state index in [0.29, 0.717) is 13.1 Å². The van der Waals surface area contributed by atoms with Crippen LogP contribution >= 0.6 is 0 Å². The Morgan fingerprint density at radius 2 is 2.09 bits per heavy atom. The van der Waals surface area contributed by atoms with Crippen LogP contribution in [0.5, 0.6) is 0 Å². The van der Waals surface area contributed by atoms with Gasteiger partial charge in [-0.3, -0.25) is 9.69 Å². The minimum absolute atomic E-state index is 0.0967. The van der Waals surface area contributed by atoms with Gasteiger partial charge < -0.3 is 15.0 Å². The fourth-order valence-corrected chi connectivity index (χ4v) is 3.00. The topological polar surface area (TPSA) is 57.4 Å². The summed E-state index contributed by atoms with van der Waals surface area (Å²) in [4.78, 5) is 17.5. The van der Waals surface area contributed by atoms with Crippen molar-refractivity contribution in [2.45, 2.75) is 13.3 Å². The molecule has 0 aliphatic carbocycles. The molecular formula is C17H23N3O2. The second-order valence-electron chi connectivity index (χ2n) is 5.76. The third-order valence-electron chi connectivity index (χ3n) is 4.20. The largest absolute Gasteiger partial charge is 0.379 e. The molecule has 5 heteroatoms. The number of amides is 1. The molecule has 0 saturated carbocycles. The van der Waals surface area contributed by atoms with Crippen molar-refractivity contribution in [3.63, 3.8) is 0 Å². The number of morpholine rings is 1. The van der Waals surface area contributed by atoms with Crippen molar-refractivity contribution in [1.29, 1.82) is 0 Å². The second-order valence-corrected chi connectivity index (χ2v) is 5.76. The highest BCUT2D eigenvalue weighted by molar-refractivity contribution is 5.84. The summed E-state index contributed by atoms with van der Waals surface area (Å²) < 4.78 is 5.29. The number of ether oxygens (including phenoxy) is 1. The van der Waals surface area contributed by atoms with Gasteiger partial charge in [-0.2, -0.15) is 0 Å². The van der Waals surface area contributed by atoms with Gasteiger partial charge in [-0.15, -0.1) is 0 Å². The van der Waals surface area contributed by atoms with E-state index in [1.54, 1.807) is 0 Å². The van der Waals surface area contributed by atoms with E-state index in [1.165, 1.54) is 16.6 Å². The normalized spacial score (nSPS) is 16.0. The van der Waals surface area contributed by atoms with Crippen molar-refractivity contribution in [2.24, 2.45) is 0 Å². The van der Waals surface area contributed by atoms with Gasteiger partial charge >= 0.3 is 0 Å². The average Bonchev–Trinajstić information content (AvgIpc) is 2.84. The Kier molecular flexibility index (Phi) is 4.75. The number of benzene rings is 1. The van der Waals surface area contributed by atoms with Gasteiger partial charge in [0.15, 0.2) is 0 Å². The molecule has 1 aromatic carbocycles. The molecule has 2 heterocycles. The molecule has 1 aliphatic heterocycles. The summed E-state index contributed by atoms with van der Waals surface area (Å²) in [5.41, 5.74) is 3.64. The second kappa shape index (κ2) is 6.94. The van der Waals surface area contributed by atoms with E-state index in [1.807, 2.05) is 6.07 Å². The van der Waals surface area contributed by atoms with E-state index in [4.69, 9.17) is 4.74 Å². The maximum atomic E-state index is 12.0. The Labute approximate surface area is 130 Å². The molecule has 1 amide bonds. The fraction of sp³-hybridized carbons (Fsp3) is 0.471. The van der Waals surface area contributed by atoms with Gasteiger partial charge in [0.1, 0.15) is 0 Å². The van der Waals surface area contributed by atoms with Gasteiger partial charge in [0, 0.05) is 36.2 Å². The molecule has 0 radical (unpaired) electrons. The Hall–Kier alpha value is -1.85. The highest BCUT2D eigenvalue weighted by Gasteiger charge is 2.14. The predicted molar refractivity (Wildman–Crippen MR) is 87.0 cm³/mol. The molecular weight excluding hydrogens is 278 g/mol. The highest BCUT2D eigenvalue weighted by atomic mass is 16.5. The third-order valence-corrected chi connectivity index (χ3v) is 4.20. The van der Waals surface area contributed by atoms with Crippen LogP contribution in [0.4, 0.5) is 0 Å². The number of nitrogens with zero attached hydrogens (tertiary/aromatic N) is 1. The number of para-hydroxylation sites is 1. The maximum absolute atomic E-state index is 12.0. The number of aromatic nitrogens is 1. The zero-order valence-electron chi connectivity index (χ0n) is 13.0. The molecule has 1 aromatic heterocycles. The van der Waals surface area contributed by atoms with Crippen LogP contribution in [-0.2, 0) is 16.0 Å². The summed E-state index contributed by atoms with van der Waals surface area (Å²) in [6.07, 6.45) is 0.852. The molecule has 0 spiro atoms. The Morgan fingerprint density at radius 3 is 2.91 bits per heavy atom. The van der Waals surface area contributed by atoms with Gasteiger partial charge in [0.25, 0.3) is 0 Å². The number of nitrogens with one attached hydrogen (secondary N) is 2. The van der Waals surface area contributed by atoms with Gasteiger partial charge in [0.2, 0.25) is 5.91 Å². The van der Waals surface area contributed by atoms with Crippen LogP contribution < -0.4 is 5.32 Å². The number of aryl methyl sites for hydroxylation is 1. The van der Waals surface area contributed by atoms with Crippen LogP contribution in [0.3, 0.4) is 0 Å². The number of aromatic amines is 1. The summed E-state index contributed by atoms with van der Waals surface area (Å²) >= 11 is 0. The lowest BCUT2D eigenvalue weighted by atomic mass is 10.1. The summed E-state index contributed by atoms with van der Waals surface area (Å²) in [7, 11) is 0. The van der Waals surface area contributed by atoms with Gasteiger partial charge in [-0.25, -0.2) is 0 Å². The standard InChI is InChI=1S/C17H23N3O2/c1-13-14(15-4-2-3-5-16(15)19-13)6-7-18-17(21)12-20-8-10-22-11-9-20/h2-5,19H,6-12H2,1H3,(H,18,21). The van der Waals surface area contributed by atoms with Crippen LogP contribution in [0, 0.1) is 6.92 Å². The molecule has 0 unspecified atom stereocenters. The molecule has 1 fully saturated rings. The number of fused-ring (bicyclic) bond motifs is 1. The van der Waals surface area contributed by atoms with Crippen LogP contribution in [0.15, 0.2) is 24.3 Å². The van der Waals surface area contributed by atoms with E-state index in [-0.39, 0.29) is 5.91 Å². The van der Waals surface area contributed by atoms with Crippen LogP contribution in [0.1, 0.15) is 11.3 Å². The smallest absolute Gasteiger partial charge is 0.234 e. The SMILES string of the molecule is Cc1[nH]c2ccccc2c1CCNC(=O)CN1CCOCC1. The molecule has 0 atom stereocenters. The van der Waals surface area contributed by atoms with E-state index in [0.717, 1.165) is 38.2 Å². The predicted octanol–water partition coefficient (Wildman–Crippen LogP) is 1.47. The molecule has 1 saturated heterocycles. The molecule has 3 rings (SSSR count). The van der Waals surface area contributed by atoms with E-state index >= 15 is 0 Å². The average molecular weight is 301 g/mol. The van der Waals surface area contributed by atoms with Gasteiger partial charge in [0.05, 0.1) is 19.8 Å². The minimum Gasteiger partial charge on any atom is -0.379 e. The first kappa shape index (κ1) is 15.1. The first-order valence-corrected chi connectivity index (χ1v) is 7.87. The van der Waals surface area contributed by atoms with Crippen LogP contribution in [-0.4, -0.2) is 55.2 Å². The summed E-state index contributed by atoms with van der Waals surface area (Å²) in [5, 5.41) is 4.28. The van der Waals surface area contributed by atoms with Crippen molar-refractivity contribution in [3.05, 3.63) is 35.5 Å². The number of hydrogen-bond donors (Lipinski definition) is 2. The van der Waals surface area contributed by atoms with Crippen LogP contribution in [0.2, 0.25) is 0 Å². The Bertz CT molecular complexity index is 644. The number of H-pyrrole nitrogens is 1. The summed E-state index contributed by atoms with van der Waals surface area (Å²) in [6, 6.07) is 8.30. The molecule has 5 nitrogen and oxygen atoms in total. The van der Waals surface area contributed by atoms with Crippen molar-refractivity contribution in [1.82, 2.24) is 15.2 Å². The zero-order valence-corrected chi connectivity index (χ0v) is 13.0. The first-order valence-electron chi connectivity index (χ1n) is 7.87. The molecule has 2 N–H and O–H groups in total. The van der Waals surface area contributed by atoms with Crippen LogP contribution in [0.25, 0.3) is 10.9 Å². The lowest BCUT2D eigenvalue weighted by Crippen LogP contribution is -2.43. The number of carbonyl (C=O) groups is 1. The quantitative estimate of drug-likeness (QED) is 0.879. The molecule has 2 aromatic rings. The number of carbonyl (C=O) groups excluding carboxylic acids is 1.